The molecule has 2 aromatic heterocycles. The number of fused-ring (bicyclic) bond motifs is 6. The molecule has 14 atom stereocenters. The van der Waals surface area contributed by atoms with Gasteiger partial charge in [0.1, 0.15) is 23.7 Å². The van der Waals surface area contributed by atoms with Gasteiger partial charge in [-0.1, -0.05) is 101 Å². The van der Waals surface area contributed by atoms with Crippen LogP contribution in [0.3, 0.4) is 0 Å². The summed E-state index contributed by atoms with van der Waals surface area (Å²) in [5.74, 6) is -13.5. The number of pyridine rings is 2. The van der Waals surface area contributed by atoms with Gasteiger partial charge in [0.25, 0.3) is 0 Å². The lowest BCUT2D eigenvalue weighted by Crippen LogP contribution is -2.48. The summed E-state index contributed by atoms with van der Waals surface area (Å²) in [6, 6.07) is 11.3. The summed E-state index contributed by atoms with van der Waals surface area (Å²) in [6.45, 7) is -11.2. The lowest BCUT2D eigenvalue weighted by atomic mass is 9.79. The molecule has 4 aliphatic carbocycles. The maximum Gasteiger partial charge on any atom is 0.427 e. The second kappa shape index (κ2) is 34.0. The Bertz CT molecular complexity index is 4710. The summed E-state index contributed by atoms with van der Waals surface area (Å²) in [5, 5.41) is 0.852. The van der Waals surface area contributed by atoms with E-state index in [0.29, 0.717) is 84.4 Å². The van der Waals surface area contributed by atoms with Gasteiger partial charge in [-0.25, -0.2) is 26.8 Å². The van der Waals surface area contributed by atoms with E-state index in [0.717, 1.165) is 9.80 Å². The van der Waals surface area contributed by atoms with Crippen LogP contribution in [0, 0.1) is 58.2 Å². The molecule has 6 fully saturated rings. The van der Waals surface area contributed by atoms with Crippen molar-refractivity contribution in [2.24, 2.45) is 58.2 Å². The van der Waals surface area contributed by atoms with E-state index in [1.54, 1.807) is 74.5 Å². The number of hydrogen-bond acceptors (Lipinski definition) is 20. The number of amides is 4. The van der Waals surface area contributed by atoms with Crippen LogP contribution >= 0.6 is 0 Å². The van der Waals surface area contributed by atoms with Crippen molar-refractivity contribution in [1.82, 2.24) is 29.2 Å². The molecule has 114 heavy (non-hydrogen) atoms. The van der Waals surface area contributed by atoms with E-state index in [4.69, 9.17) is 35.4 Å². The number of ketones is 2. The Balaban J connectivity index is 0.000000245. The van der Waals surface area contributed by atoms with E-state index in [1.165, 1.54) is 26.6 Å². The number of rotatable bonds is 20. The van der Waals surface area contributed by atoms with Crippen LogP contribution in [0.2, 0.25) is 0 Å². The standard InChI is InChI=1S/2C41H52F3N3O9S/c2*1-6-25-17-24(2)11-7-8-12-26-20-40(26,38(51)46-57(52,53)28-15-16-28)21-33(48)32-18-27(55-36-30-14-10-9-13-29(30)34(54-5)22-45-36)23-47(32)37(50)31(25)19-35(49)56-39(3,4)41(42,43)44/h2*8-10,12-14,22,24-28,31-32H,6-7,11,15-21,23H2,1-5H3,(H,46,51)/b2*12-8-/t24-,25+,26+,27+,31-,32-,40+;24-,25-,26-,27-,31+,32+,40-/m01/s1/i2*3D3,4D3. The Kier molecular flexibility index (Phi) is 21.2. The fourth-order valence-electron chi connectivity index (χ4n) is 16.5. The zero-order valence-corrected chi connectivity index (χ0v) is 65.6. The Morgan fingerprint density at radius 1 is 0.553 bits per heavy atom. The molecule has 24 nitrogen and oxygen atoms in total. The fourth-order valence-corrected chi connectivity index (χ4v) is 19.3. The molecule has 4 saturated carbocycles. The highest BCUT2D eigenvalue weighted by Crippen LogP contribution is 2.59. The van der Waals surface area contributed by atoms with E-state index >= 15 is 9.59 Å². The number of Topliss-reactive ketones (excluding diaryl/α,β-unsaturated/α-hetero) is 2. The SMILES string of the molecule is [2H]C([2H])([2H])C(OC(=O)C[C@@H]1C(=O)N2C[C@H](Oc3ncc(OC)c4ccccc34)C[C@H]2C(=O)C[C@]2(C(=O)NS(=O)(=O)C3CC3)C[C@H]2/C=C\CC[C@@H](C)C[C@H]1CC)(C([2H])([2H])[2H])C(F)(F)F.[2H]C([2H])([2H])C(OC(=O)C[C@@H]1C(=O)N2C[C@H](Oc3ncc(OC)c4ccccc34)C[C@H]2C(=O)C[C@]2(C(=O)NS(=O)(=O)C3CC3)C[C@H]2/C=C\CC[C@H](C)C[C@H]1CC)(C([2H])([2H])[2H])C(F)(F)F. The first kappa shape index (κ1) is 70.9. The van der Waals surface area contributed by atoms with Crippen LogP contribution in [-0.2, 0) is 67.9 Å². The zero-order valence-electron chi connectivity index (χ0n) is 75.9. The molecule has 2 N–H and O–H groups in total. The first-order valence-corrected chi connectivity index (χ1v) is 41.5. The van der Waals surface area contributed by atoms with Crippen molar-refractivity contribution in [1.29, 1.82) is 0 Å². The molecule has 6 heterocycles. The maximum atomic E-state index is 15.1. The predicted octanol–water partition coefficient (Wildman–Crippen LogP) is 12.9. The van der Waals surface area contributed by atoms with Gasteiger partial charge in [-0.15, -0.1) is 0 Å². The van der Waals surface area contributed by atoms with E-state index < -0.39 is 225 Å². The number of ether oxygens (including phenoxy) is 6. The smallest absolute Gasteiger partial charge is 0.427 e. The molecular formula is C82H104F6N6O18S2. The van der Waals surface area contributed by atoms with E-state index in [9.17, 15) is 71.9 Å². The molecule has 2 saturated heterocycles. The van der Waals surface area contributed by atoms with Crippen molar-refractivity contribution in [3.05, 3.63) is 85.2 Å². The minimum absolute atomic E-state index is 0.116. The summed E-state index contributed by atoms with van der Waals surface area (Å²) in [6.07, 6.45) is -3.14. The summed E-state index contributed by atoms with van der Waals surface area (Å²) in [4.78, 5) is 126. The number of benzene rings is 2. The predicted molar refractivity (Wildman–Crippen MR) is 407 cm³/mol. The van der Waals surface area contributed by atoms with E-state index in [-0.39, 0.29) is 88.1 Å². The lowest BCUT2D eigenvalue weighted by molar-refractivity contribution is -0.257. The first-order valence-electron chi connectivity index (χ1n) is 44.5. The Labute approximate surface area is 677 Å². The average Bonchev–Trinajstić information content (AvgIpc) is 1.22. The first-order chi connectivity index (χ1) is 58.6. The number of esters is 2. The summed E-state index contributed by atoms with van der Waals surface area (Å²) in [7, 11) is -5.11. The van der Waals surface area contributed by atoms with Crippen molar-refractivity contribution in [3.63, 3.8) is 0 Å². The number of sulfonamides is 2. The number of halogens is 6. The van der Waals surface area contributed by atoms with Crippen LogP contribution in [0.5, 0.6) is 23.3 Å². The van der Waals surface area contributed by atoms with Crippen molar-refractivity contribution >= 4 is 88.7 Å². The molecule has 2 aromatic carbocycles. The van der Waals surface area contributed by atoms with Crippen LogP contribution in [0.25, 0.3) is 21.5 Å². The number of nitrogens with one attached hydrogen (secondary N) is 2. The quantitative estimate of drug-likeness (QED) is 0.0472. The van der Waals surface area contributed by atoms with Crippen LogP contribution in [0.15, 0.2) is 85.2 Å². The van der Waals surface area contributed by atoms with Gasteiger partial charge in [0.15, 0.2) is 11.6 Å². The third-order valence-electron chi connectivity index (χ3n) is 23.5. The van der Waals surface area contributed by atoms with Crippen molar-refractivity contribution in [2.75, 3.05) is 27.3 Å². The number of methoxy groups -OCH3 is 2. The third-order valence-corrected chi connectivity index (χ3v) is 27.2. The van der Waals surface area contributed by atoms with Crippen molar-refractivity contribution < 1.29 is 126 Å². The molecule has 0 spiro atoms. The van der Waals surface area contributed by atoms with Crippen LogP contribution < -0.4 is 28.4 Å². The monoisotopic (exact) mass is 1650 g/mol. The number of hydrogen-bond donors (Lipinski definition) is 2. The minimum Gasteiger partial charge on any atom is -0.494 e. The molecule has 4 amide bonds. The highest BCUT2D eigenvalue weighted by Gasteiger charge is 2.64. The largest absolute Gasteiger partial charge is 0.494 e. The number of carbonyl (C=O) groups excluding carboxylic acids is 8. The van der Waals surface area contributed by atoms with Gasteiger partial charge < -0.3 is 38.2 Å². The average molecular weight is 1650 g/mol. The molecule has 8 aliphatic rings. The van der Waals surface area contributed by atoms with E-state index in [2.05, 4.69) is 28.9 Å². The van der Waals surface area contributed by atoms with Crippen LogP contribution in [0.1, 0.15) is 200 Å². The second-order valence-corrected chi connectivity index (χ2v) is 35.8. The molecule has 32 heteroatoms. The molecule has 0 radical (unpaired) electrons. The summed E-state index contributed by atoms with van der Waals surface area (Å²) >= 11 is 0. The number of allylic oxidation sites excluding steroid dienone is 4. The molecule has 4 aromatic rings. The number of carbonyl (C=O) groups is 8. The Morgan fingerprint density at radius 3 is 1.24 bits per heavy atom. The molecule has 0 unspecified atom stereocenters. The normalized spacial score (nSPS) is 31.4. The third kappa shape index (κ3) is 19.3. The lowest BCUT2D eigenvalue weighted by Gasteiger charge is -2.34. The molecular weight excluding hydrogens is 1540 g/mol. The van der Waals surface area contributed by atoms with Crippen molar-refractivity contribution in [2.45, 2.75) is 242 Å². The molecule has 624 valence electrons. The van der Waals surface area contributed by atoms with Gasteiger partial charge in [-0.2, -0.15) is 26.3 Å². The van der Waals surface area contributed by atoms with Gasteiger partial charge >= 0.3 is 24.3 Å². The minimum atomic E-state index is -6.10. The Hall–Kier alpha value is -8.42. The van der Waals surface area contributed by atoms with Crippen molar-refractivity contribution in [3.8, 4) is 23.3 Å². The zero-order chi connectivity index (χ0) is 93.0. The van der Waals surface area contributed by atoms with Gasteiger partial charge in [0.2, 0.25) is 66.6 Å². The topological polar surface area (TPSA) is 317 Å². The van der Waals surface area contributed by atoms with Gasteiger partial charge in [-0.3, -0.25) is 47.8 Å². The molecule has 0 bridgehead atoms. The highest BCUT2D eigenvalue weighted by atomic mass is 32.2. The second-order valence-electron chi connectivity index (χ2n) is 31.8. The number of alkyl halides is 6. The van der Waals surface area contributed by atoms with Gasteiger partial charge in [0, 0.05) is 63.7 Å². The summed E-state index contributed by atoms with van der Waals surface area (Å²) < 4.78 is 268. The molecule has 4 aliphatic heterocycles. The highest BCUT2D eigenvalue weighted by molar-refractivity contribution is 7.91. The Morgan fingerprint density at radius 2 is 0.912 bits per heavy atom. The number of aromatic nitrogens is 2. The van der Waals surface area contributed by atoms with Gasteiger partial charge in [-0.05, 0) is 152 Å². The molecule has 12 rings (SSSR count). The summed E-state index contributed by atoms with van der Waals surface area (Å²) in [5.41, 5.74) is -12.8. The van der Waals surface area contributed by atoms with E-state index in [1.807, 2.05) is 26.0 Å². The van der Waals surface area contributed by atoms with Gasteiger partial charge in [0.05, 0.1) is 97.8 Å². The fraction of sp³-hybridized carbons (Fsp3) is 0.634. The van der Waals surface area contributed by atoms with Crippen LogP contribution in [-0.4, -0.2) is 169 Å². The number of nitrogens with zero attached hydrogens (tertiary/aromatic N) is 4. The maximum absolute atomic E-state index is 15.1. The van der Waals surface area contributed by atoms with Crippen LogP contribution in [0.4, 0.5) is 26.3 Å².